The van der Waals surface area contributed by atoms with Crippen molar-refractivity contribution < 1.29 is 14.9 Å². The molecular formula is C24H31N3O3S2. The van der Waals surface area contributed by atoms with Crippen LogP contribution in [0.25, 0.3) is 10.5 Å². The molecule has 2 N–H and O–H groups in total. The average Bonchev–Trinajstić information content (AvgIpc) is 3.64. The van der Waals surface area contributed by atoms with Crippen molar-refractivity contribution in [1.82, 2.24) is 14.6 Å². The Morgan fingerprint density at radius 1 is 1.22 bits per heavy atom. The van der Waals surface area contributed by atoms with E-state index in [0.717, 1.165) is 83.4 Å². The molecule has 2 aromatic heterocycles. The number of hydrogen-bond donors (Lipinski definition) is 2. The van der Waals surface area contributed by atoms with Crippen molar-refractivity contribution in [1.29, 1.82) is 0 Å². The van der Waals surface area contributed by atoms with E-state index in [1.165, 1.54) is 5.57 Å². The van der Waals surface area contributed by atoms with Gasteiger partial charge in [0.15, 0.2) is 0 Å². The van der Waals surface area contributed by atoms with E-state index in [1.54, 1.807) is 18.4 Å². The fraction of sp³-hybridized carbons (Fsp3) is 0.667. The number of aliphatic hydroxyl groups is 2. The van der Waals surface area contributed by atoms with Crippen molar-refractivity contribution >= 4 is 33.6 Å². The summed E-state index contributed by atoms with van der Waals surface area (Å²) in [4.78, 5) is 6.87. The highest BCUT2D eigenvalue weighted by Crippen LogP contribution is 2.58. The van der Waals surface area contributed by atoms with Gasteiger partial charge in [0.25, 0.3) is 0 Å². The van der Waals surface area contributed by atoms with Gasteiger partial charge < -0.3 is 14.9 Å². The summed E-state index contributed by atoms with van der Waals surface area (Å²) < 4.78 is 7.68. The molecule has 3 fully saturated rings. The first kappa shape index (κ1) is 21.2. The second kappa shape index (κ2) is 7.32. The Hall–Kier alpha value is -1.35. The average molecular weight is 474 g/mol. The van der Waals surface area contributed by atoms with Gasteiger partial charge in [-0.05, 0) is 82.3 Å². The van der Waals surface area contributed by atoms with Crippen LogP contribution in [0.5, 0.6) is 0 Å². The molecule has 0 bridgehead atoms. The molecule has 0 saturated heterocycles. The number of aryl methyl sites for hydroxylation is 1. The Balaban J connectivity index is 1.35. The highest BCUT2D eigenvalue weighted by molar-refractivity contribution is 8.03. The van der Waals surface area contributed by atoms with Gasteiger partial charge in [0.05, 0.1) is 24.1 Å². The van der Waals surface area contributed by atoms with Crippen LogP contribution in [0.1, 0.15) is 74.7 Å². The fourth-order valence-corrected chi connectivity index (χ4v) is 8.43. The van der Waals surface area contributed by atoms with E-state index in [4.69, 9.17) is 14.8 Å². The van der Waals surface area contributed by atoms with E-state index in [9.17, 15) is 10.2 Å². The van der Waals surface area contributed by atoms with Crippen LogP contribution in [0, 0.1) is 18.8 Å². The number of allylic oxidation sites excluding steroid dienone is 3. The predicted octanol–water partition coefficient (Wildman–Crippen LogP) is 4.79. The number of fused-ring (bicyclic) bond motifs is 1. The van der Waals surface area contributed by atoms with Gasteiger partial charge in [-0.25, -0.2) is 9.50 Å². The van der Waals surface area contributed by atoms with Gasteiger partial charge in [0, 0.05) is 16.6 Å². The van der Waals surface area contributed by atoms with Crippen LogP contribution >= 0.6 is 23.1 Å². The zero-order valence-corrected chi connectivity index (χ0v) is 20.6. The third-order valence-electron chi connectivity index (χ3n) is 7.50. The van der Waals surface area contributed by atoms with Crippen LogP contribution in [0.4, 0.5) is 0 Å². The molecule has 0 amide bonds. The molecule has 4 aliphatic carbocycles. The quantitative estimate of drug-likeness (QED) is 0.602. The van der Waals surface area contributed by atoms with Crippen molar-refractivity contribution in [2.24, 2.45) is 11.8 Å². The summed E-state index contributed by atoms with van der Waals surface area (Å²) >= 11 is 3.38. The number of aromatic nitrogens is 3. The van der Waals surface area contributed by atoms with Gasteiger partial charge in [-0.15, -0.1) is 11.8 Å². The van der Waals surface area contributed by atoms with E-state index in [0.29, 0.717) is 17.1 Å². The molecule has 0 radical (unpaired) electrons. The Morgan fingerprint density at radius 3 is 2.50 bits per heavy atom. The molecule has 0 unspecified atom stereocenters. The molecule has 3 saturated carbocycles. The molecule has 172 valence electrons. The number of thioether (sulfide) groups is 1. The molecule has 6 nitrogen and oxygen atoms in total. The van der Waals surface area contributed by atoms with E-state index in [-0.39, 0.29) is 0 Å². The largest absolute Gasteiger partial charge is 0.500 e. The van der Waals surface area contributed by atoms with Gasteiger partial charge in [0.2, 0.25) is 4.96 Å². The minimum Gasteiger partial charge on any atom is -0.500 e. The molecule has 4 aliphatic rings. The lowest BCUT2D eigenvalue weighted by Gasteiger charge is -2.41. The summed E-state index contributed by atoms with van der Waals surface area (Å²) in [6, 6.07) is 0. The third-order valence-corrected chi connectivity index (χ3v) is 9.82. The summed E-state index contributed by atoms with van der Waals surface area (Å²) in [7, 11) is 1.75. The second-order valence-corrected chi connectivity index (χ2v) is 12.6. The van der Waals surface area contributed by atoms with Crippen LogP contribution in [0.3, 0.4) is 0 Å². The summed E-state index contributed by atoms with van der Waals surface area (Å²) in [5.41, 5.74) is 1.98. The number of hydrogen-bond acceptors (Lipinski definition) is 7. The van der Waals surface area contributed by atoms with Gasteiger partial charge in [0.1, 0.15) is 16.4 Å². The number of nitrogens with zero attached hydrogens (tertiary/aromatic N) is 3. The normalized spacial score (nSPS) is 28.8. The Labute approximate surface area is 196 Å². The summed E-state index contributed by atoms with van der Waals surface area (Å²) in [6.45, 7) is 3.96. The van der Waals surface area contributed by atoms with Crippen LogP contribution in [-0.4, -0.2) is 42.8 Å². The monoisotopic (exact) mass is 473 g/mol. The van der Waals surface area contributed by atoms with Gasteiger partial charge in [-0.2, -0.15) is 5.10 Å². The molecule has 8 heteroatoms. The first-order valence-corrected chi connectivity index (χ1v) is 13.4. The van der Waals surface area contributed by atoms with Crippen molar-refractivity contribution in [3.05, 3.63) is 33.1 Å². The topological polar surface area (TPSA) is 79.9 Å². The smallest absolute Gasteiger partial charge is 0.213 e. The van der Waals surface area contributed by atoms with E-state index < -0.39 is 11.2 Å². The zero-order chi connectivity index (χ0) is 22.3. The van der Waals surface area contributed by atoms with Crippen molar-refractivity contribution in [2.75, 3.05) is 7.11 Å². The lowest BCUT2D eigenvalue weighted by Crippen LogP contribution is -2.42. The summed E-state index contributed by atoms with van der Waals surface area (Å²) in [5, 5.41) is 28.0. The van der Waals surface area contributed by atoms with Crippen LogP contribution < -0.4 is 0 Å². The summed E-state index contributed by atoms with van der Waals surface area (Å²) in [5.74, 6) is 1.75. The van der Waals surface area contributed by atoms with Gasteiger partial charge in [-0.1, -0.05) is 11.3 Å². The van der Waals surface area contributed by atoms with E-state index >= 15 is 0 Å². The zero-order valence-electron chi connectivity index (χ0n) is 18.9. The Bertz CT molecular complexity index is 1120. The molecule has 2 aromatic rings. The first-order chi connectivity index (χ1) is 15.3. The molecule has 2 heterocycles. The first-order valence-electron chi connectivity index (χ1n) is 11.7. The van der Waals surface area contributed by atoms with Gasteiger partial charge in [-0.3, -0.25) is 0 Å². The van der Waals surface area contributed by atoms with Crippen LogP contribution in [0.2, 0.25) is 0 Å². The predicted molar refractivity (Wildman–Crippen MR) is 127 cm³/mol. The molecule has 0 atom stereocenters. The second-order valence-electron chi connectivity index (χ2n) is 10.3. The molecule has 0 aliphatic heterocycles. The van der Waals surface area contributed by atoms with Crippen molar-refractivity contribution in [3.8, 4) is 0 Å². The minimum absolute atomic E-state index is 0.360. The maximum absolute atomic E-state index is 11.6. The van der Waals surface area contributed by atoms with Crippen molar-refractivity contribution in [3.63, 3.8) is 0 Å². The van der Waals surface area contributed by atoms with Crippen LogP contribution in [0.15, 0.2) is 16.7 Å². The molecular weight excluding hydrogens is 442 g/mol. The Morgan fingerprint density at radius 2 is 1.91 bits per heavy atom. The lowest BCUT2D eigenvalue weighted by molar-refractivity contribution is -0.0112. The maximum atomic E-state index is 11.6. The van der Waals surface area contributed by atoms with E-state index in [1.807, 2.05) is 23.2 Å². The molecule has 0 aromatic carbocycles. The number of methoxy groups -OCH3 is 1. The SMILES string of the molecule is COC1=C(S[C@H]2C[C@](C)(O)C2)C=C(c2c(C)nc3sc(C(O)(C4CC4)C4CC4)nn23)CC1. The molecule has 0 spiro atoms. The number of imidazole rings is 1. The third kappa shape index (κ3) is 3.45. The maximum Gasteiger partial charge on any atom is 0.213 e. The fourth-order valence-electron chi connectivity index (χ4n) is 5.46. The Kier molecular flexibility index (Phi) is 4.85. The standard InChI is InChI=1S/C24H31N3O3S2/c1-13-20(14-4-9-18(30-3)19(10-14)31-17-11-23(2,28)12-17)27-22(25-13)32-21(26-27)24(29,15-5-6-15)16-7-8-16/h10,15-17,28-29H,4-9,11-12H2,1-3H3/t17-,23-. The molecule has 6 rings (SSSR count). The molecule has 32 heavy (non-hydrogen) atoms. The lowest BCUT2D eigenvalue weighted by atomic mass is 9.82. The highest BCUT2D eigenvalue weighted by atomic mass is 32.2. The van der Waals surface area contributed by atoms with Crippen molar-refractivity contribution in [2.45, 2.75) is 81.7 Å². The van der Waals surface area contributed by atoms with Gasteiger partial charge >= 0.3 is 0 Å². The van der Waals surface area contributed by atoms with Crippen LogP contribution in [-0.2, 0) is 10.3 Å². The minimum atomic E-state index is -0.761. The summed E-state index contributed by atoms with van der Waals surface area (Å²) in [6.07, 6.45) is 10.0. The van der Waals surface area contributed by atoms with E-state index in [2.05, 4.69) is 13.0 Å². The number of rotatable bonds is 7. The number of ether oxygens (including phenoxy) is 1. The highest BCUT2D eigenvalue weighted by Gasteiger charge is 2.56.